The van der Waals surface area contributed by atoms with Gasteiger partial charge in [-0.1, -0.05) is 41.6 Å². The number of hydrogen-bond acceptors (Lipinski definition) is 7. The van der Waals surface area contributed by atoms with Gasteiger partial charge in [0.05, 0.1) is 27.0 Å². The second kappa shape index (κ2) is 8.16. The molecule has 1 aromatic heterocycles. The average Bonchev–Trinajstić information content (AvgIpc) is 3.15. The third-order valence-corrected chi connectivity index (χ3v) is 5.64. The zero-order valence-corrected chi connectivity index (χ0v) is 17.6. The van der Waals surface area contributed by atoms with Crippen molar-refractivity contribution in [1.82, 2.24) is 14.9 Å². The van der Waals surface area contributed by atoms with Gasteiger partial charge in [0.15, 0.2) is 17.3 Å². The van der Waals surface area contributed by atoms with Crippen molar-refractivity contribution >= 4 is 17.5 Å². The number of thioether (sulfide) groups is 1. The van der Waals surface area contributed by atoms with Crippen LogP contribution in [0.3, 0.4) is 0 Å². The van der Waals surface area contributed by atoms with E-state index < -0.39 is 0 Å². The number of methoxy groups -OCH3 is 3. The molecule has 0 atom stereocenters. The van der Waals surface area contributed by atoms with Gasteiger partial charge >= 0.3 is 0 Å². The molecule has 0 amide bonds. The first-order chi connectivity index (χ1) is 14.1. The first-order valence-electron chi connectivity index (χ1n) is 9.13. The van der Waals surface area contributed by atoms with Gasteiger partial charge in [0, 0.05) is 12.2 Å². The normalized spacial score (nSPS) is 12.9. The highest BCUT2D eigenvalue weighted by Crippen LogP contribution is 2.38. The summed E-state index contributed by atoms with van der Waals surface area (Å²) in [4.78, 5) is 0. The molecule has 4 rings (SSSR count). The van der Waals surface area contributed by atoms with Crippen LogP contribution in [-0.4, -0.2) is 47.7 Å². The highest BCUT2D eigenvalue weighted by molar-refractivity contribution is 7.99. The van der Waals surface area contributed by atoms with E-state index in [0.717, 1.165) is 33.6 Å². The third-order valence-electron chi connectivity index (χ3n) is 4.71. The maximum Gasteiger partial charge on any atom is 0.212 e. The van der Waals surface area contributed by atoms with Gasteiger partial charge in [-0.25, -0.2) is 0 Å². The molecule has 1 aliphatic rings. The summed E-state index contributed by atoms with van der Waals surface area (Å²) >= 11 is 1.64. The van der Waals surface area contributed by atoms with Crippen molar-refractivity contribution in [3.63, 3.8) is 0 Å². The summed E-state index contributed by atoms with van der Waals surface area (Å²) in [6, 6.07) is 12.2. The van der Waals surface area contributed by atoms with Crippen LogP contribution in [0.15, 0.2) is 46.7 Å². The molecule has 8 heteroatoms. The summed E-state index contributed by atoms with van der Waals surface area (Å²) in [7, 11) is 4.80. The van der Waals surface area contributed by atoms with Gasteiger partial charge in [0.1, 0.15) is 0 Å². The molecule has 2 aromatic carbocycles. The lowest BCUT2D eigenvalue weighted by Gasteiger charge is -2.15. The van der Waals surface area contributed by atoms with Crippen molar-refractivity contribution in [3.05, 3.63) is 58.9 Å². The van der Waals surface area contributed by atoms with Crippen molar-refractivity contribution < 1.29 is 14.2 Å². The van der Waals surface area contributed by atoms with Crippen molar-refractivity contribution in [2.75, 3.05) is 27.1 Å². The monoisotopic (exact) mass is 410 g/mol. The van der Waals surface area contributed by atoms with E-state index in [2.05, 4.69) is 41.4 Å². The molecule has 29 heavy (non-hydrogen) atoms. The molecule has 2 heterocycles. The van der Waals surface area contributed by atoms with Crippen LogP contribution in [0.4, 0.5) is 0 Å². The minimum atomic E-state index is 0.537. The quantitative estimate of drug-likeness (QED) is 0.619. The number of hydrogen-bond donors (Lipinski definition) is 0. The summed E-state index contributed by atoms with van der Waals surface area (Å²) < 4.78 is 18.1. The second-order valence-corrected chi connectivity index (χ2v) is 7.56. The number of aromatic nitrogens is 3. The van der Waals surface area contributed by atoms with Gasteiger partial charge in [0.2, 0.25) is 10.9 Å². The van der Waals surface area contributed by atoms with E-state index in [9.17, 15) is 0 Å². The molecule has 1 aliphatic heterocycles. The predicted molar refractivity (Wildman–Crippen MR) is 113 cm³/mol. The second-order valence-electron chi connectivity index (χ2n) is 6.62. The van der Waals surface area contributed by atoms with Crippen molar-refractivity contribution in [2.24, 2.45) is 5.10 Å². The van der Waals surface area contributed by atoms with Crippen molar-refractivity contribution in [1.29, 1.82) is 0 Å². The number of fused-ring (bicyclic) bond motifs is 1. The van der Waals surface area contributed by atoms with Crippen LogP contribution in [0.1, 0.15) is 22.5 Å². The largest absolute Gasteiger partial charge is 0.493 e. The van der Waals surface area contributed by atoms with Gasteiger partial charge in [-0.05, 0) is 30.2 Å². The highest BCUT2D eigenvalue weighted by atomic mass is 32.2. The van der Waals surface area contributed by atoms with E-state index in [1.165, 1.54) is 5.56 Å². The Bertz CT molecular complexity index is 1040. The van der Waals surface area contributed by atoms with E-state index >= 15 is 0 Å². The van der Waals surface area contributed by atoms with Gasteiger partial charge in [-0.15, -0.1) is 10.2 Å². The Morgan fingerprint density at radius 2 is 1.66 bits per heavy atom. The number of rotatable bonds is 6. The maximum absolute atomic E-state index is 5.46. The Morgan fingerprint density at radius 3 is 2.28 bits per heavy atom. The Balaban J connectivity index is 1.68. The lowest BCUT2D eigenvalue weighted by Crippen LogP contribution is -2.14. The zero-order valence-electron chi connectivity index (χ0n) is 16.8. The van der Waals surface area contributed by atoms with Crippen molar-refractivity contribution in [2.45, 2.75) is 18.5 Å². The Morgan fingerprint density at radius 1 is 0.966 bits per heavy atom. The Hall–Kier alpha value is -3.00. The molecular formula is C21H22N4O3S. The lowest BCUT2D eigenvalue weighted by molar-refractivity contribution is 0.324. The average molecular weight is 410 g/mol. The topological polar surface area (TPSA) is 70.8 Å². The fraction of sp³-hybridized carbons (Fsp3) is 0.286. The zero-order chi connectivity index (χ0) is 20.4. The van der Waals surface area contributed by atoms with Gasteiger partial charge in [0.25, 0.3) is 0 Å². The van der Waals surface area contributed by atoms with E-state index in [1.807, 2.05) is 16.8 Å². The first-order valence-corrected chi connectivity index (χ1v) is 10.1. The fourth-order valence-corrected chi connectivity index (χ4v) is 4.04. The lowest BCUT2D eigenvalue weighted by atomic mass is 10.1. The highest BCUT2D eigenvalue weighted by Gasteiger charge is 2.21. The van der Waals surface area contributed by atoms with E-state index in [4.69, 9.17) is 19.3 Å². The molecular weight excluding hydrogens is 388 g/mol. The number of benzene rings is 2. The standard InChI is InChI=1S/C21H22N4O3S/c1-13-5-7-15(8-6-13)16-12-29-21-23-22-19(25(21)24-16)11-14-9-17(26-2)20(28-4)18(10-14)27-3/h5-10H,11-12H2,1-4H3. The molecule has 0 saturated carbocycles. The molecule has 0 spiro atoms. The molecule has 0 unspecified atom stereocenters. The summed E-state index contributed by atoms with van der Waals surface area (Å²) in [5.41, 5.74) is 4.32. The molecule has 3 aromatic rings. The molecule has 0 radical (unpaired) electrons. The van der Waals surface area contributed by atoms with Crippen LogP contribution >= 0.6 is 11.8 Å². The van der Waals surface area contributed by atoms with Gasteiger partial charge in [-0.2, -0.15) is 9.78 Å². The first kappa shape index (κ1) is 19.3. The SMILES string of the molecule is COc1cc(Cc2nnc3n2N=C(c2ccc(C)cc2)CS3)cc(OC)c1OC. The van der Waals surface area contributed by atoms with Gasteiger partial charge < -0.3 is 14.2 Å². The molecule has 0 bridgehead atoms. The summed E-state index contributed by atoms with van der Waals surface area (Å²) in [6.07, 6.45) is 0.537. The van der Waals surface area contributed by atoms with E-state index in [0.29, 0.717) is 23.7 Å². The number of ether oxygens (including phenoxy) is 3. The van der Waals surface area contributed by atoms with Crippen LogP contribution in [0, 0.1) is 6.92 Å². The van der Waals surface area contributed by atoms with Crippen LogP contribution < -0.4 is 14.2 Å². The van der Waals surface area contributed by atoms with Crippen molar-refractivity contribution in [3.8, 4) is 17.2 Å². The molecule has 0 fully saturated rings. The summed E-state index contributed by atoms with van der Waals surface area (Å²) in [6.45, 7) is 2.08. The van der Waals surface area contributed by atoms with E-state index in [1.54, 1.807) is 33.1 Å². The minimum absolute atomic E-state index is 0.537. The molecule has 0 aliphatic carbocycles. The Labute approximate surface area is 173 Å². The predicted octanol–water partition coefficient (Wildman–Crippen LogP) is 3.56. The van der Waals surface area contributed by atoms with Crippen LogP contribution in [0.5, 0.6) is 17.2 Å². The third kappa shape index (κ3) is 3.80. The van der Waals surface area contributed by atoms with Crippen LogP contribution in [0.2, 0.25) is 0 Å². The fourth-order valence-electron chi connectivity index (χ4n) is 3.19. The van der Waals surface area contributed by atoms with Gasteiger partial charge in [-0.3, -0.25) is 0 Å². The smallest absolute Gasteiger partial charge is 0.212 e. The van der Waals surface area contributed by atoms with Crippen LogP contribution in [-0.2, 0) is 6.42 Å². The minimum Gasteiger partial charge on any atom is -0.493 e. The van der Waals surface area contributed by atoms with Crippen LogP contribution in [0.25, 0.3) is 0 Å². The Kier molecular flexibility index (Phi) is 5.44. The number of aryl methyl sites for hydroxylation is 1. The molecule has 0 N–H and O–H groups in total. The molecule has 0 saturated heterocycles. The van der Waals surface area contributed by atoms with E-state index in [-0.39, 0.29) is 0 Å². The summed E-state index contributed by atoms with van der Waals surface area (Å²) in [5.74, 6) is 3.31. The summed E-state index contributed by atoms with van der Waals surface area (Å²) in [5, 5.41) is 14.3. The molecule has 7 nitrogen and oxygen atoms in total. The maximum atomic E-state index is 5.46. The molecule has 150 valence electrons. The number of nitrogens with zero attached hydrogens (tertiary/aromatic N) is 4.